The minimum Gasteiger partial charge on any atom is -0.480 e. The van der Waals surface area contributed by atoms with Crippen molar-refractivity contribution in [2.24, 2.45) is 0 Å². The number of hydrogen-bond donors (Lipinski definition) is 4. The minimum atomic E-state index is -3.31. The van der Waals surface area contributed by atoms with Gasteiger partial charge in [0.15, 0.2) is 9.84 Å². The second kappa shape index (κ2) is 12.7. The molecule has 0 radical (unpaired) electrons. The number of sulfone groups is 1. The number of carboxylic acids is 1. The quantitative estimate of drug-likeness (QED) is 0.324. The standard InChI is InChI=1S/C26H37N7O6S/c1-16-22(28-15-21(25(34)35)32-26(36)39-13-14-40(3,37)38)29-17(2)30-24(16)33-11-8-18(9-12-33)20-7-6-19-5-4-10-27-23(19)31-20/h6-7,18,21H,4-5,8-15H2,1-3H3,(H,27,31)(H,32,36)(H,34,35)(H,28,29,30). The second-order valence-electron chi connectivity index (χ2n) is 10.3. The van der Waals surface area contributed by atoms with Crippen molar-refractivity contribution in [2.45, 2.75) is 51.5 Å². The molecule has 0 spiro atoms. The minimum absolute atomic E-state index is 0.159. The summed E-state index contributed by atoms with van der Waals surface area (Å²) in [5, 5.41) is 18.2. The Kier molecular flexibility index (Phi) is 9.28. The molecule has 1 unspecified atom stereocenters. The Bertz CT molecular complexity index is 1350. The highest BCUT2D eigenvalue weighted by Gasteiger charge is 2.26. The van der Waals surface area contributed by atoms with E-state index in [0.29, 0.717) is 17.6 Å². The molecule has 0 bridgehead atoms. The first-order valence-corrected chi connectivity index (χ1v) is 15.5. The highest BCUT2D eigenvalue weighted by Crippen LogP contribution is 2.33. The molecule has 40 heavy (non-hydrogen) atoms. The largest absolute Gasteiger partial charge is 0.480 e. The Morgan fingerprint density at radius 1 is 1.20 bits per heavy atom. The third-order valence-corrected chi connectivity index (χ3v) is 8.02. The molecule has 1 amide bonds. The molecule has 2 aromatic heterocycles. The van der Waals surface area contributed by atoms with Gasteiger partial charge in [0.2, 0.25) is 0 Å². The van der Waals surface area contributed by atoms with Gasteiger partial charge in [-0.2, -0.15) is 0 Å². The molecule has 13 nitrogen and oxygen atoms in total. The Balaban J connectivity index is 1.36. The topological polar surface area (TPSA) is 176 Å². The number of hydrogen-bond acceptors (Lipinski definition) is 11. The second-order valence-corrected chi connectivity index (χ2v) is 12.5. The van der Waals surface area contributed by atoms with Crippen molar-refractivity contribution >= 4 is 39.4 Å². The van der Waals surface area contributed by atoms with E-state index >= 15 is 0 Å². The SMILES string of the molecule is Cc1nc(NCC(NC(=O)OCCS(C)(=O)=O)C(=O)O)c(C)c(N2CCC(c3ccc4c(n3)NCCC4)CC2)n1. The number of carbonyl (C=O) groups is 2. The molecular weight excluding hydrogens is 538 g/mol. The summed E-state index contributed by atoms with van der Waals surface area (Å²) in [5.74, 6) is 1.55. The van der Waals surface area contributed by atoms with Gasteiger partial charge in [-0.05, 0) is 51.2 Å². The van der Waals surface area contributed by atoms with E-state index in [1.807, 2.05) is 6.92 Å². The van der Waals surface area contributed by atoms with Crippen LogP contribution in [0.3, 0.4) is 0 Å². The van der Waals surface area contributed by atoms with Crippen LogP contribution in [0.5, 0.6) is 0 Å². The number of aliphatic carboxylic acids is 1. The van der Waals surface area contributed by atoms with Gasteiger partial charge in [-0.15, -0.1) is 0 Å². The first-order chi connectivity index (χ1) is 19.0. The molecule has 1 atom stereocenters. The fourth-order valence-corrected chi connectivity index (χ4v) is 5.31. The summed E-state index contributed by atoms with van der Waals surface area (Å²) < 4.78 is 27.2. The number of carboxylic acid groups (broad SMARTS) is 1. The molecule has 4 heterocycles. The van der Waals surface area contributed by atoms with Crippen LogP contribution < -0.4 is 20.9 Å². The average Bonchev–Trinajstić information content (AvgIpc) is 2.91. The molecular formula is C26H37N7O6S. The third kappa shape index (κ3) is 7.71. The van der Waals surface area contributed by atoms with Gasteiger partial charge in [0.25, 0.3) is 0 Å². The number of amides is 1. The van der Waals surface area contributed by atoms with Crippen molar-refractivity contribution in [2.75, 3.05) is 60.3 Å². The summed E-state index contributed by atoms with van der Waals surface area (Å²) in [6, 6.07) is 3.03. The lowest BCUT2D eigenvalue weighted by molar-refractivity contribution is -0.138. The normalized spacial score (nSPS) is 16.4. The van der Waals surface area contributed by atoms with Crippen molar-refractivity contribution < 1.29 is 27.9 Å². The molecule has 2 aromatic rings. The molecule has 4 N–H and O–H groups in total. The zero-order valence-corrected chi connectivity index (χ0v) is 23.9. The molecule has 0 saturated carbocycles. The summed E-state index contributed by atoms with van der Waals surface area (Å²) in [5.41, 5.74) is 3.18. The Hall–Kier alpha value is -3.68. The van der Waals surface area contributed by atoms with E-state index in [0.717, 1.165) is 74.5 Å². The maximum absolute atomic E-state index is 12.0. The van der Waals surface area contributed by atoms with E-state index in [-0.39, 0.29) is 18.9 Å². The number of aromatic nitrogens is 3. The van der Waals surface area contributed by atoms with Gasteiger partial charge in [0, 0.05) is 49.6 Å². The predicted octanol–water partition coefficient (Wildman–Crippen LogP) is 1.87. The number of nitrogens with one attached hydrogen (secondary N) is 3. The van der Waals surface area contributed by atoms with Crippen LogP contribution in [-0.2, 0) is 25.8 Å². The average molecular weight is 576 g/mol. The van der Waals surface area contributed by atoms with E-state index in [4.69, 9.17) is 9.72 Å². The Morgan fingerprint density at radius 2 is 1.95 bits per heavy atom. The smallest absolute Gasteiger partial charge is 0.407 e. The number of aryl methyl sites for hydroxylation is 2. The summed E-state index contributed by atoms with van der Waals surface area (Å²) in [6.45, 7) is 5.68. The van der Waals surface area contributed by atoms with E-state index in [1.54, 1.807) is 6.92 Å². The zero-order chi connectivity index (χ0) is 28.9. The number of alkyl carbamates (subject to hydrolysis) is 1. The summed E-state index contributed by atoms with van der Waals surface area (Å²) in [4.78, 5) is 39.9. The molecule has 0 aromatic carbocycles. The molecule has 4 rings (SSSR count). The van der Waals surface area contributed by atoms with Crippen molar-refractivity contribution in [3.8, 4) is 0 Å². The van der Waals surface area contributed by atoms with Crippen molar-refractivity contribution in [3.63, 3.8) is 0 Å². The third-order valence-electron chi connectivity index (χ3n) is 7.11. The Labute approximate surface area is 234 Å². The van der Waals surface area contributed by atoms with Crippen LogP contribution in [0.15, 0.2) is 12.1 Å². The first kappa shape index (κ1) is 29.3. The number of carbonyl (C=O) groups excluding carboxylic acids is 1. The van der Waals surface area contributed by atoms with Crippen LogP contribution in [0, 0.1) is 13.8 Å². The fraction of sp³-hybridized carbons (Fsp3) is 0.577. The lowest BCUT2D eigenvalue weighted by atomic mass is 9.92. The van der Waals surface area contributed by atoms with Gasteiger partial charge < -0.3 is 30.7 Å². The summed E-state index contributed by atoms with van der Waals surface area (Å²) in [7, 11) is -3.31. The molecule has 14 heteroatoms. The van der Waals surface area contributed by atoms with Gasteiger partial charge in [-0.3, -0.25) is 0 Å². The van der Waals surface area contributed by atoms with Crippen LogP contribution in [0.4, 0.5) is 22.2 Å². The molecule has 2 aliphatic rings. The number of ether oxygens (including phenoxy) is 1. The molecule has 2 aliphatic heterocycles. The van der Waals surface area contributed by atoms with Crippen LogP contribution >= 0.6 is 0 Å². The van der Waals surface area contributed by atoms with E-state index in [1.165, 1.54) is 5.56 Å². The number of fused-ring (bicyclic) bond motifs is 1. The number of anilines is 3. The highest BCUT2D eigenvalue weighted by atomic mass is 32.2. The number of pyridine rings is 1. The maximum atomic E-state index is 12.0. The van der Waals surface area contributed by atoms with Crippen molar-refractivity contribution in [1.82, 2.24) is 20.3 Å². The van der Waals surface area contributed by atoms with Crippen LogP contribution in [-0.4, -0.2) is 91.4 Å². The van der Waals surface area contributed by atoms with Crippen LogP contribution in [0.25, 0.3) is 0 Å². The van der Waals surface area contributed by atoms with Gasteiger partial charge in [0.05, 0.1) is 5.75 Å². The van der Waals surface area contributed by atoms with E-state index in [2.05, 4.69) is 43.0 Å². The number of rotatable bonds is 10. The van der Waals surface area contributed by atoms with Crippen LogP contribution in [0.1, 0.15) is 47.8 Å². The fourth-order valence-electron chi connectivity index (χ4n) is 4.92. The van der Waals surface area contributed by atoms with E-state index < -0.39 is 27.9 Å². The summed E-state index contributed by atoms with van der Waals surface area (Å²) >= 11 is 0. The van der Waals surface area contributed by atoms with Gasteiger partial charge >= 0.3 is 12.1 Å². The molecule has 1 saturated heterocycles. The summed E-state index contributed by atoms with van der Waals surface area (Å²) in [6.07, 6.45) is 4.07. The lowest BCUT2D eigenvalue weighted by Crippen LogP contribution is -2.46. The van der Waals surface area contributed by atoms with Gasteiger partial charge in [-0.1, -0.05) is 6.07 Å². The Morgan fingerprint density at radius 3 is 2.65 bits per heavy atom. The van der Waals surface area contributed by atoms with Gasteiger partial charge in [-0.25, -0.2) is 33.0 Å². The molecule has 0 aliphatic carbocycles. The monoisotopic (exact) mass is 575 g/mol. The zero-order valence-electron chi connectivity index (χ0n) is 23.1. The number of nitrogens with zero attached hydrogens (tertiary/aromatic N) is 4. The highest BCUT2D eigenvalue weighted by molar-refractivity contribution is 7.90. The first-order valence-electron chi connectivity index (χ1n) is 13.4. The predicted molar refractivity (Wildman–Crippen MR) is 151 cm³/mol. The maximum Gasteiger partial charge on any atom is 0.407 e. The van der Waals surface area contributed by atoms with Crippen LogP contribution in [0.2, 0.25) is 0 Å². The molecule has 218 valence electrons. The van der Waals surface area contributed by atoms with Crippen molar-refractivity contribution in [1.29, 1.82) is 0 Å². The lowest BCUT2D eigenvalue weighted by Gasteiger charge is -2.34. The van der Waals surface area contributed by atoms with Crippen molar-refractivity contribution in [3.05, 3.63) is 34.8 Å². The molecule has 1 fully saturated rings. The number of piperidine rings is 1. The van der Waals surface area contributed by atoms with Gasteiger partial charge in [0.1, 0.15) is 35.9 Å². The van der Waals surface area contributed by atoms with E-state index in [9.17, 15) is 23.1 Å².